The van der Waals surface area contributed by atoms with Crippen LogP contribution in [0, 0.1) is 11.3 Å². The highest BCUT2D eigenvalue weighted by atomic mass is 32.2. The highest BCUT2D eigenvalue weighted by Crippen LogP contribution is 2.38. The number of nitrogens with one attached hydrogen (secondary N) is 1. The van der Waals surface area contributed by atoms with Crippen LogP contribution in [0.25, 0.3) is 10.9 Å². The van der Waals surface area contributed by atoms with Gasteiger partial charge < -0.3 is 5.32 Å². The first kappa shape index (κ1) is 19.3. The lowest BCUT2D eigenvalue weighted by Crippen LogP contribution is -2.23. The number of hydrogen-bond donors (Lipinski definition) is 1. The Balaban J connectivity index is 1.37. The number of carbonyl (C=O) groups excluding carboxylic acids is 1. The highest BCUT2D eigenvalue weighted by Gasteiger charge is 2.29. The minimum atomic E-state index is -0.181. The van der Waals surface area contributed by atoms with Crippen LogP contribution in [0.15, 0.2) is 34.2 Å². The molecule has 0 unspecified atom stereocenters. The number of benzene rings is 1. The molecule has 0 radical (unpaired) electrons. The van der Waals surface area contributed by atoms with Gasteiger partial charge in [-0.2, -0.15) is 5.26 Å². The van der Waals surface area contributed by atoms with E-state index in [1.807, 2.05) is 18.2 Å². The van der Waals surface area contributed by atoms with Gasteiger partial charge in [0.2, 0.25) is 5.91 Å². The molecule has 2 aromatic heterocycles. The van der Waals surface area contributed by atoms with Gasteiger partial charge in [0.15, 0.2) is 5.16 Å². The molecule has 2 heterocycles. The van der Waals surface area contributed by atoms with Crippen molar-refractivity contribution in [2.75, 3.05) is 11.1 Å². The molecule has 0 atom stereocenters. The molecular formula is C22H20N4O2S2. The van der Waals surface area contributed by atoms with Crippen molar-refractivity contribution in [1.82, 2.24) is 9.55 Å². The third-order valence-electron chi connectivity index (χ3n) is 5.56. The number of aromatic nitrogens is 2. The van der Waals surface area contributed by atoms with Gasteiger partial charge in [-0.05, 0) is 56.2 Å². The van der Waals surface area contributed by atoms with Crippen molar-refractivity contribution in [2.24, 2.45) is 0 Å². The van der Waals surface area contributed by atoms with Gasteiger partial charge in [0.1, 0.15) is 11.1 Å². The van der Waals surface area contributed by atoms with Crippen molar-refractivity contribution in [2.45, 2.75) is 49.7 Å². The fraction of sp³-hybridized carbons (Fsp3) is 0.364. The predicted molar refractivity (Wildman–Crippen MR) is 119 cm³/mol. The Hall–Kier alpha value is -2.63. The van der Waals surface area contributed by atoms with Crippen molar-refractivity contribution in [3.05, 3.63) is 50.6 Å². The van der Waals surface area contributed by atoms with Gasteiger partial charge in [0.05, 0.1) is 22.2 Å². The number of aryl methyl sites for hydroxylation is 1. The van der Waals surface area contributed by atoms with E-state index in [1.165, 1.54) is 28.0 Å². The molecule has 0 aliphatic heterocycles. The largest absolute Gasteiger partial charge is 0.316 e. The topological polar surface area (TPSA) is 87.8 Å². The number of rotatable bonds is 5. The van der Waals surface area contributed by atoms with Crippen LogP contribution in [0.3, 0.4) is 0 Å². The van der Waals surface area contributed by atoms with Crippen LogP contribution in [0.2, 0.25) is 0 Å². The highest BCUT2D eigenvalue weighted by molar-refractivity contribution is 7.99. The number of thiophene rings is 1. The molecule has 0 bridgehead atoms. The van der Waals surface area contributed by atoms with Crippen molar-refractivity contribution in [1.29, 1.82) is 5.26 Å². The molecule has 1 N–H and O–H groups in total. The summed E-state index contributed by atoms with van der Waals surface area (Å²) >= 11 is 2.81. The Morgan fingerprint density at radius 2 is 2.10 bits per heavy atom. The van der Waals surface area contributed by atoms with Crippen LogP contribution < -0.4 is 10.9 Å². The maximum absolute atomic E-state index is 12.9. The number of hydrogen-bond acceptors (Lipinski definition) is 6. The van der Waals surface area contributed by atoms with E-state index in [-0.39, 0.29) is 23.3 Å². The molecule has 1 amide bonds. The summed E-state index contributed by atoms with van der Waals surface area (Å²) in [5.41, 5.74) is 2.34. The number of amides is 1. The summed E-state index contributed by atoms with van der Waals surface area (Å²) < 4.78 is 1.74. The second kappa shape index (κ2) is 7.89. The van der Waals surface area contributed by atoms with Crippen LogP contribution in [0.5, 0.6) is 0 Å². The summed E-state index contributed by atoms with van der Waals surface area (Å²) in [6.45, 7) is 0. The summed E-state index contributed by atoms with van der Waals surface area (Å²) in [5, 5.41) is 14.3. The van der Waals surface area contributed by atoms with E-state index in [9.17, 15) is 14.9 Å². The zero-order chi connectivity index (χ0) is 20.7. The van der Waals surface area contributed by atoms with E-state index >= 15 is 0 Å². The average Bonchev–Trinajstić information content (AvgIpc) is 3.53. The summed E-state index contributed by atoms with van der Waals surface area (Å²) in [4.78, 5) is 31.5. The van der Waals surface area contributed by atoms with Gasteiger partial charge in [-0.3, -0.25) is 14.2 Å². The van der Waals surface area contributed by atoms with Gasteiger partial charge >= 0.3 is 0 Å². The van der Waals surface area contributed by atoms with Crippen LogP contribution in [0.1, 0.15) is 47.7 Å². The van der Waals surface area contributed by atoms with Gasteiger partial charge in [0.25, 0.3) is 5.56 Å². The second-order valence-corrected chi connectivity index (χ2v) is 9.73. The Bertz CT molecular complexity index is 1250. The summed E-state index contributed by atoms with van der Waals surface area (Å²) in [5.74, 6) is -0.0369. The first-order chi connectivity index (χ1) is 14.7. The van der Waals surface area contributed by atoms with Gasteiger partial charge in [-0.15, -0.1) is 11.3 Å². The van der Waals surface area contributed by atoms with Crippen LogP contribution in [-0.4, -0.2) is 21.2 Å². The molecule has 0 saturated heterocycles. The van der Waals surface area contributed by atoms with Gasteiger partial charge in [0, 0.05) is 10.9 Å². The monoisotopic (exact) mass is 436 g/mol. The van der Waals surface area contributed by atoms with E-state index in [2.05, 4.69) is 16.4 Å². The van der Waals surface area contributed by atoms with Gasteiger partial charge in [-0.25, -0.2) is 4.98 Å². The number of thioether (sulfide) groups is 1. The smallest absolute Gasteiger partial charge is 0.262 e. The Morgan fingerprint density at radius 3 is 2.90 bits per heavy atom. The minimum Gasteiger partial charge on any atom is -0.316 e. The van der Waals surface area contributed by atoms with Crippen molar-refractivity contribution < 1.29 is 4.79 Å². The van der Waals surface area contributed by atoms with E-state index in [4.69, 9.17) is 0 Å². The van der Waals surface area contributed by atoms with Gasteiger partial charge in [-0.1, -0.05) is 23.9 Å². The minimum absolute atomic E-state index is 0.0382. The normalized spacial score (nSPS) is 15.6. The molecule has 1 aromatic carbocycles. The number of nitriles is 1. The number of carbonyl (C=O) groups is 1. The van der Waals surface area contributed by atoms with Crippen molar-refractivity contribution in [3.8, 4) is 6.07 Å². The van der Waals surface area contributed by atoms with Crippen molar-refractivity contribution in [3.63, 3.8) is 0 Å². The third kappa shape index (κ3) is 3.53. The quantitative estimate of drug-likeness (QED) is 0.477. The predicted octanol–water partition coefficient (Wildman–Crippen LogP) is 4.27. The fourth-order valence-electron chi connectivity index (χ4n) is 3.95. The molecule has 1 fully saturated rings. The lowest BCUT2D eigenvalue weighted by Gasteiger charge is -2.12. The molecule has 3 aromatic rings. The first-order valence-corrected chi connectivity index (χ1v) is 11.9. The molecule has 30 heavy (non-hydrogen) atoms. The first-order valence-electron chi connectivity index (χ1n) is 10.1. The SMILES string of the molecule is N#Cc1c(NC(=O)CSc2nc3ccccc3c(=O)n2C2CC2)sc2c1CCCC2. The summed E-state index contributed by atoms with van der Waals surface area (Å²) in [6.07, 6.45) is 6.04. The molecule has 8 heteroatoms. The molecule has 1 saturated carbocycles. The molecule has 2 aliphatic rings. The second-order valence-electron chi connectivity index (χ2n) is 7.68. The Kier molecular flexibility index (Phi) is 5.09. The number of anilines is 1. The van der Waals surface area contributed by atoms with E-state index in [1.54, 1.807) is 10.6 Å². The third-order valence-corrected chi connectivity index (χ3v) is 7.72. The molecular weight excluding hydrogens is 416 g/mol. The van der Waals surface area contributed by atoms with Crippen LogP contribution in [-0.2, 0) is 17.6 Å². The fourth-order valence-corrected chi connectivity index (χ4v) is 6.07. The summed E-state index contributed by atoms with van der Waals surface area (Å²) in [7, 11) is 0. The van der Waals surface area contributed by atoms with E-state index in [0.29, 0.717) is 26.6 Å². The van der Waals surface area contributed by atoms with Crippen LogP contribution in [0.4, 0.5) is 5.00 Å². The number of para-hydroxylation sites is 1. The van der Waals surface area contributed by atoms with Crippen molar-refractivity contribution >= 4 is 44.9 Å². The lowest BCUT2D eigenvalue weighted by atomic mass is 9.96. The maximum atomic E-state index is 12.9. The number of nitrogens with zero attached hydrogens (tertiary/aromatic N) is 3. The van der Waals surface area contributed by atoms with E-state index in [0.717, 1.165) is 44.1 Å². The average molecular weight is 437 g/mol. The van der Waals surface area contributed by atoms with E-state index < -0.39 is 0 Å². The zero-order valence-corrected chi connectivity index (χ0v) is 17.9. The molecule has 152 valence electrons. The maximum Gasteiger partial charge on any atom is 0.262 e. The standard InChI is InChI=1S/C22H20N4O2S2/c23-11-16-14-5-2-4-8-18(14)30-20(16)25-19(27)12-29-22-24-17-7-3-1-6-15(17)21(28)26(22)13-9-10-13/h1,3,6-7,13H,2,4-5,8-10,12H2,(H,25,27). The Morgan fingerprint density at radius 1 is 1.30 bits per heavy atom. The molecule has 6 nitrogen and oxygen atoms in total. The summed E-state index contributed by atoms with van der Waals surface area (Å²) in [6, 6.07) is 9.78. The Labute approximate surface area is 181 Å². The zero-order valence-electron chi connectivity index (χ0n) is 16.3. The molecule has 5 rings (SSSR count). The number of fused-ring (bicyclic) bond motifs is 2. The lowest BCUT2D eigenvalue weighted by molar-refractivity contribution is -0.113. The molecule has 0 spiro atoms. The van der Waals surface area contributed by atoms with Crippen LogP contribution >= 0.6 is 23.1 Å². The molecule has 2 aliphatic carbocycles.